The SMILES string of the molecule is COc1cc2cc(COC(C)=O)oc(=O)c2c(OC)c1OC. The Bertz CT molecular complexity index is 761. The number of carbonyl (C=O) groups excluding carboxylic acids is 1. The van der Waals surface area contributed by atoms with Gasteiger partial charge >= 0.3 is 11.6 Å². The van der Waals surface area contributed by atoms with Gasteiger partial charge in [-0.25, -0.2) is 4.79 Å². The zero-order valence-electron chi connectivity index (χ0n) is 12.7. The summed E-state index contributed by atoms with van der Waals surface area (Å²) in [6.45, 7) is 1.15. The Morgan fingerprint density at radius 1 is 1.09 bits per heavy atom. The van der Waals surface area contributed by atoms with Crippen LogP contribution in [0.15, 0.2) is 21.3 Å². The molecule has 0 unspecified atom stereocenters. The molecule has 2 aromatic rings. The Labute approximate surface area is 126 Å². The highest BCUT2D eigenvalue weighted by atomic mass is 16.5. The quantitative estimate of drug-likeness (QED) is 0.780. The van der Waals surface area contributed by atoms with Gasteiger partial charge in [0.05, 0.1) is 21.3 Å². The Balaban J connectivity index is 2.68. The average Bonchev–Trinajstić information content (AvgIpc) is 2.50. The molecule has 1 aromatic carbocycles. The van der Waals surface area contributed by atoms with Gasteiger partial charge in [0.15, 0.2) is 11.5 Å². The summed E-state index contributed by atoms with van der Waals surface area (Å²) in [5.41, 5.74) is -0.613. The number of benzene rings is 1. The molecule has 0 aliphatic rings. The molecule has 7 nitrogen and oxygen atoms in total. The molecule has 1 aromatic heterocycles. The molecule has 0 atom stereocenters. The van der Waals surface area contributed by atoms with Gasteiger partial charge in [0, 0.05) is 12.3 Å². The summed E-state index contributed by atoms with van der Waals surface area (Å²) in [5, 5.41) is 0.764. The van der Waals surface area contributed by atoms with E-state index in [1.54, 1.807) is 12.1 Å². The molecule has 0 N–H and O–H groups in total. The molecule has 0 saturated heterocycles. The Kier molecular flexibility index (Phi) is 4.55. The van der Waals surface area contributed by atoms with Crippen LogP contribution >= 0.6 is 0 Å². The van der Waals surface area contributed by atoms with Crippen molar-refractivity contribution in [1.82, 2.24) is 0 Å². The fraction of sp³-hybridized carbons (Fsp3) is 0.333. The highest BCUT2D eigenvalue weighted by molar-refractivity contribution is 5.92. The van der Waals surface area contributed by atoms with Crippen LogP contribution in [0.3, 0.4) is 0 Å². The molecule has 0 amide bonds. The van der Waals surface area contributed by atoms with Gasteiger partial charge in [-0.05, 0) is 12.1 Å². The van der Waals surface area contributed by atoms with Gasteiger partial charge in [0.1, 0.15) is 17.8 Å². The van der Waals surface area contributed by atoms with Crippen molar-refractivity contribution in [2.24, 2.45) is 0 Å². The van der Waals surface area contributed by atoms with Gasteiger partial charge in [-0.1, -0.05) is 0 Å². The maximum absolute atomic E-state index is 12.2. The van der Waals surface area contributed by atoms with E-state index in [-0.39, 0.29) is 23.5 Å². The predicted molar refractivity (Wildman–Crippen MR) is 77.6 cm³/mol. The van der Waals surface area contributed by atoms with Gasteiger partial charge in [-0.3, -0.25) is 4.79 Å². The van der Waals surface area contributed by atoms with Crippen molar-refractivity contribution in [3.8, 4) is 17.2 Å². The third-order valence-electron chi connectivity index (χ3n) is 3.02. The van der Waals surface area contributed by atoms with Gasteiger partial charge < -0.3 is 23.4 Å². The van der Waals surface area contributed by atoms with Crippen LogP contribution in [0.2, 0.25) is 0 Å². The van der Waals surface area contributed by atoms with E-state index in [9.17, 15) is 9.59 Å². The van der Waals surface area contributed by atoms with E-state index in [1.165, 1.54) is 28.3 Å². The van der Waals surface area contributed by atoms with E-state index in [0.717, 1.165) is 0 Å². The van der Waals surface area contributed by atoms with Crippen molar-refractivity contribution < 1.29 is 28.2 Å². The zero-order valence-corrected chi connectivity index (χ0v) is 12.7. The lowest BCUT2D eigenvalue weighted by Crippen LogP contribution is -2.08. The number of ether oxygens (including phenoxy) is 4. The summed E-state index contributed by atoms with van der Waals surface area (Å²) in [4.78, 5) is 23.1. The van der Waals surface area contributed by atoms with Crippen molar-refractivity contribution >= 4 is 16.7 Å². The molecule has 2 rings (SSSR count). The molecule has 0 saturated carbocycles. The largest absolute Gasteiger partial charge is 0.493 e. The van der Waals surface area contributed by atoms with E-state index >= 15 is 0 Å². The molecular formula is C15H16O7. The van der Waals surface area contributed by atoms with Crippen LogP contribution in [0.5, 0.6) is 17.2 Å². The number of carbonyl (C=O) groups is 1. The van der Waals surface area contributed by atoms with Crippen LogP contribution in [0.1, 0.15) is 12.7 Å². The number of fused-ring (bicyclic) bond motifs is 1. The average molecular weight is 308 g/mol. The third kappa shape index (κ3) is 2.83. The molecule has 118 valence electrons. The minimum atomic E-state index is -0.613. The maximum Gasteiger partial charge on any atom is 0.347 e. The molecule has 7 heteroatoms. The standard InChI is InChI=1S/C15H16O7/c1-8(16)21-7-10-5-9-6-11(18-2)13(19-3)14(20-4)12(9)15(17)22-10/h5-6H,7H2,1-4H3. The first-order chi connectivity index (χ1) is 10.5. The Morgan fingerprint density at radius 2 is 1.77 bits per heavy atom. The van der Waals surface area contributed by atoms with Crippen molar-refractivity contribution in [3.63, 3.8) is 0 Å². The summed E-state index contributed by atoms with van der Waals surface area (Å²) in [7, 11) is 4.35. The maximum atomic E-state index is 12.2. The predicted octanol–water partition coefficient (Wildman–Crippen LogP) is 1.88. The fourth-order valence-corrected chi connectivity index (χ4v) is 2.12. The minimum absolute atomic E-state index is 0.128. The van der Waals surface area contributed by atoms with Crippen LogP contribution in [0.4, 0.5) is 0 Å². The van der Waals surface area contributed by atoms with Crippen LogP contribution in [-0.4, -0.2) is 27.3 Å². The van der Waals surface area contributed by atoms with E-state index in [2.05, 4.69) is 0 Å². The van der Waals surface area contributed by atoms with Crippen molar-refractivity contribution in [3.05, 3.63) is 28.3 Å². The van der Waals surface area contributed by atoms with E-state index < -0.39 is 11.6 Å². The summed E-state index contributed by atoms with van der Waals surface area (Å²) >= 11 is 0. The zero-order chi connectivity index (χ0) is 16.3. The van der Waals surface area contributed by atoms with Gasteiger partial charge in [-0.15, -0.1) is 0 Å². The number of hydrogen-bond donors (Lipinski definition) is 0. The van der Waals surface area contributed by atoms with Crippen LogP contribution in [-0.2, 0) is 16.1 Å². The molecule has 1 heterocycles. The second-order valence-corrected chi connectivity index (χ2v) is 4.39. The van der Waals surface area contributed by atoms with Gasteiger partial charge in [-0.2, -0.15) is 0 Å². The first-order valence-electron chi connectivity index (χ1n) is 6.40. The van der Waals surface area contributed by atoms with Crippen molar-refractivity contribution in [1.29, 1.82) is 0 Å². The van der Waals surface area contributed by atoms with Crippen molar-refractivity contribution in [2.75, 3.05) is 21.3 Å². The highest BCUT2D eigenvalue weighted by Crippen LogP contribution is 2.42. The molecule has 22 heavy (non-hydrogen) atoms. The van der Waals surface area contributed by atoms with Crippen LogP contribution < -0.4 is 19.8 Å². The summed E-state index contributed by atoms with van der Waals surface area (Å²) in [6.07, 6.45) is 0. The Hall–Kier alpha value is -2.70. The van der Waals surface area contributed by atoms with E-state index in [1.807, 2.05) is 0 Å². The molecule has 0 radical (unpaired) electrons. The van der Waals surface area contributed by atoms with Gasteiger partial charge in [0.25, 0.3) is 0 Å². The molecular weight excluding hydrogens is 292 g/mol. The molecule has 0 bridgehead atoms. The molecule has 0 aliphatic heterocycles. The van der Waals surface area contributed by atoms with Crippen LogP contribution in [0, 0.1) is 0 Å². The number of esters is 1. The van der Waals surface area contributed by atoms with E-state index in [4.69, 9.17) is 23.4 Å². The Morgan fingerprint density at radius 3 is 2.32 bits per heavy atom. The first-order valence-corrected chi connectivity index (χ1v) is 6.40. The second kappa shape index (κ2) is 6.38. The minimum Gasteiger partial charge on any atom is -0.493 e. The fourth-order valence-electron chi connectivity index (χ4n) is 2.12. The normalized spacial score (nSPS) is 10.4. The monoisotopic (exact) mass is 308 g/mol. The summed E-state index contributed by atoms with van der Waals surface area (Å²) < 4.78 is 25.7. The second-order valence-electron chi connectivity index (χ2n) is 4.39. The molecule has 0 spiro atoms. The smallest absolute Gasteiger partial charge is 0.347 e. The number of methoxy groups -OCH3 is 3. The number of hydrogen-bond acceptors (Lipinski definition) is 7. The van der Waals surface area contributed by atoms with Crippen molar-refractivity contribution in [2.45, 2.75) is 13.5 Å². The molecule has 0 aliphatic carbocycles. The third-order valence-corrected chi connectivity index (χ3v) is 3.02. The molecule has 0 fully saturated rings. The van der Waals surface area contributed by atoms with Crippen LogP contribution in [0.25, 0.3) is 10.8 Å². The van der Waals surface area contributed by atoms with Gasteiger partial charge in [0.2, 0.25) is 5.75 Å². The topological polar surface area (TPSA) is 84.2 Å². The lowest BCUT2D eigenvalue weighted by Gasteiger charge is -2.14. The summed E-state index contributed by atoms with van der Waals surface area (Å²) in [5.74, 6) is 0.702. The first kappa shape index (κ1) is 15.7. The van der Waals surface area contributed by atoms with E-state index in [0.29, 0.717) is 16.9 Å². The highest BCUT2D eigenvalue weighted by Gasteiger charge is 2.20. The lowest BCUT2D eigenvalue weighted by atomic mass is 10.1. The lowest BCUT2D eigenvalue weighted by molar-refractivity contribution is -0.142. The summed E-state index contributed by atoms with van der Waals surface area (Å²) in [6, 6.07) is 3.22. The number of rotatable bonds is 5.